The number of rotatable bonds is 2. The van der Waals surface area contributed by atoms with Gasteiger partial charge in [0.25, 0.3) is 0 Å². The summed E-state index contributed by atoms with van der Waals surface area (Å²) in [6.07, 6.45) is 10.2. The van der Waals surface area contributed by atoms with E-state index in [2.05, 4.69) is 15.3 Å². The van der Waals surface area contributed by atoms with E-state index in [1.807, 2.05) is 0 Å². The van der Waals surface area contributed by atoms with E-state index in [0.29, 0.717) is 11.6 Å². The summed E-state index contributed by atoms with van der Waals surface area (Å²) in [7, 11) is 0. The van der Waals surface area contributed by atoms with Gasteiger partial charge in [-0.2, -0.15) is 0 Å². The normalized spacial score (nSPS) is 37.9. The van der Waals surface area contributed by atoms with Crippen LogP contribution in [-0.2, 0) is 4.79 Å². The van der Waals surface area contributed by atoms with Gasteiger partial charge in [0.15, 0.2) is 5.82 Å². The highest BCUT2D eigenvalue weighted by Gasteiger charge is 2.54. The van der Waals surface area contributed by atoms with Crippen LogP contribution >= 0.6 is 0 Å². The molecule has 0 spiro atoms. The van der Waals surface area contributed by atoms with Gasteiger partial charge >= 0.3 is 0 Å². The van der Waals surface area contributed by atoms with Crippen LogP contribution in [0.3, 0.4) is 0 Å². The van der Waals surface area contributed by atoms with Crippen LogP contribution in [-0.4, -0.2) is 15.9 Å². The van der Waals surface area contributed by atoms with Crippen molar-refractivity contribution >= 4 is 17.5 Å². The van der Waals surface area contributed by atoms with Crippen molar-refractivity contribution in [3.8, 4) is 0 Å². The molecule has 5 rings (SSSR count). The molecule has 4 bridgehead atoms. The van der Waals surface area contributed by atoms with Gasteiger partial charge in [-0.25, -0.2) is 4.98 Å². The standard InChI is InChI=1S/C15H20N4O/c16-12-7-17-8-13(18-12)19-14(20)15-4-9-1-10(5-15)3-11(2-9)6-15/h7-11H,1-6H2,(H3,16,18,19,20). The lowest BCUT2D eigenvalue weighted by molar-refractivity contribution is -0.140. The molecule has 3 N–H and O–H groups in total. The smallest absolute Gasteiger partial charge is 0.231 e. The maximum absolute atomic E-state index is 12.8. The zero-order chi connectivity index (χ0) is 13.7. The zero-order valence-electron chi connectivity index (χ0n) is 11.5. The fraction of sp³-hybridized carbons (Fsp3) is 0.667. The van der Waals surface area contributed by atoms with Crippen molar-refractivity contribution in [3.05, 3.63) is 12.4 Å². The third-order valence-electron chi connectivity index (χ3n) is 5.41. The minimum Gasteiger partial charge on any atom is -0.382 e. The molecule has 1 amide bonds. The molecule has 20 heavy (non-hydrogen) atoms. The molecule has 5 heteroatoms. The number of aromatic nitrogens is 2. The Morgan fingerprint density at radius 2 is 1.75 bits per heavy atom. The number of amides is 1. The highest BCUT2D eigenvalue weighted by atomic mass is 16.2. The molecule has 0 radical (unpaired) electrons. The number of carbonyl (C=O) groups excluding carboxylic acids is 1. The van der Waals surface area contributed by atoms with Crippen molar-refractivity contribution in [1.29, 1.82) is 0 Å². The predicted molar refractivity (Wildman–Crippen MR) is 75.7 cm³/mol. The van der Waals surface area contributed by atoms with Gasteiger partial charge in [-0.3, -0.25) is 9.78 Å². The van der Waals surface area contributed by atoms with Crippen LogP contribution in [0.15, 0.2) is 12.4 Å². The molecular weight excluding hydrogens is 252 g/mol. The van der Waals surface area contributed by atoms with E-state index < -0.39 is 0 Å². The minimum absolute atomic E-state index is 0.136. The monoisotopic (exact) mass is 272 g/mol. The Morgan fingerprint density at radius 1 is 1.15 bits per heavy atom. The molecule has 5 nitrogen and oxygen atoms in total. The van der Waals surface area contributed by atoms with Crippen molar-refractivity contribution in [2.24, 2.45) is 23.2 Å². The van der Waals surface area contributed by atoms with Gasteiger partial charge in [-0.1, -0.05) is 0 Å². The Kier molecular flexibility index (Phi) is 2.53. The summed E-state index contributed by atoms with van der Waals surface area (Å²) in [5, 5.41) is 2.95. The second kappa shape index (κ2) is 4.17. The number of nitrogens with two attached hydrogens (primary N) is 1. The summed E-state index contributed by atoms with van der Waals surface area (Å²) in [4.78, 5) is 20.9. The molecule has 1 aromatic rings. The van der Waals surface area contributed by atoms with Crippen LogP contribution in [0.1, 0.15) is 38.5 Å². The fourth-order valence-electron chi connectivity index (χ4n) is 5.08. The number of nitrogen functional groups attached to an aromatic ring is 1. The molecule has 0 unspecified atom stereocenters. The van der Waals surface area contributed by atoms with E-state index in [9.17, 15) is 4.79 Å². The first-order valence-corrected chi connectivity index (χ1v) is 7.52. The molecule has 0 aliphatic heterocycles. The summed E-state index contributed by atoms with van der Waals surface area (Å²) >= 11 is 0. The van der Waals surface area contributed by atoms with Crippen molar-refractivity contribution in [2.45, 2.75) is 38.5 Å². The largest absolute Gasteiger partial charge is 0.382 e. The molecule has 4 fully saturated rings. The van der Waals surface area contributed by atoms with E-state index in [1.54, 1.807) is 6.20 Å². The van der Waals surface area contributed by atoms with Gasteiger partial charge in [-0.15, -0.1) is 0 Å². The topological polar surface area (TPSA) is 80.9 Å². The maximum atomic E-state index is 12.8. The van der Waals surface area contributed by atoms with E-state index in [1.165, 1.54) is 25.5 Å². The Morgan fingerprint density at radius 3 is 2.30 bits per heavy atom. The highest BCUT2D eigenvalue weighted by Crippen LogP contribution is 2.60. The lowest BCUT2D eigenvalue weighted by Crippen LogP contribution is -2.51. The first-order chi connectivity index (χ1) is 9.63. The Labute approximate surface area is 118 Å². The minimum atomic E-state index is -0.152. The van der Waals surface area contributed by atoms with Crippen LogP contribution in [0.5, 0.6) is 0 Å². The number of hydrogen-bond donors (Lipinski definition) is 2. The van der Waals surface area contributed by atoms with Crippen LogP contribution in [0.25, 0.3) is 0 Å². The van der Waals surface area contributed by atoms with Gasteiger partial charge in [0.1, 0.15) is 5.82 Å². The lowest BCUT2D eigenvalue weighted by atomic mass is 9.49. The van der Waals surface area contributed by atoms with E-state index in [-0.39, 0.29) is 11.3 Å². The van der Waals surface area contributed by atoms with E-state index in [0.717, 1.165) is 37.0 Å². The highest BCUT2D eigenvalue weighted by molar-refractivity contribution is 5.94. The Balaban J connectivity index is 1.56. The van der Waals surface area contributed by atoms with Crippen molar-refractivity contribution in [3.63, 3.8) is 0 Å². The molecule has 0 aromatic carbocycles. The van der Waals surface area contributed by atoms with Gasteiger partial charge < -0.3 is 11.1 Å². The Bertz CT molecular complexity index is 521. The van der Waals surface area contributed by atoms with Crippen molar-refractivity contribution in [1.82, 2.24) is 9.97 Å². The third-order valence-corrected chi connectivity index (χ3v) is 5.41. The van der Waals surface area contributed by atoms with Crippen molar-refractivity contribution < 1.29 is 4.79 Å². The summed E-state index contributed by atoms with van der Waals surface area (Å²) in [6, 6.07) is 0. The fourth-order valence-corrected chi connectivity index (χ4v) is 5.08. The quantitative estimate of drug-likeness (QED) is 0.865. The maximum Gasteiger partial charge on any atom is 0.231 e. The molecular formula is C15H20N4O. The van der Waals surface area contributed by atoms with Crippen LogP contribution in [0.4, 0.5) is 11.6 Å². The number of carbonyl (C=O) groups is 1. The van der Waals surface area contributed by atoms with E-state index in [4.69, 9.17) is 5.73 Å². The summed E-state index contributed by atoms with van der Waals surface area (Å²) in [6.45, 7) is 0. The number of nitrogens with one attached hydrogen (secondary N) is 1. The Hall–Kier alpha value is -1.65. The first kappa shape index (κ1) is 12.1. The van der Waals surface area contributed by atoms with Gasteiger partial charge in [0, 0.05) is 0 Å². The molecule has 0 saturated heterocycles. The van der Waals surface area contributed by atoms with Crippen LogP contribution in [0.2, 0.25) is 0 Å². The first-order valence-electron chi connectivity index (χ1n) is 7.52. The lowest BCUT2D eigenvalue weighted by Gasteiger charge is -2.55. The second-order valence-electron chi connectivity index (χ2n) is 6.98. The van der Waals surface area contributed by atoms with E-state index >= 15 is 0 Å². The molecule has 1 heterocycles. The second-order valence-corrected chi connectivity index (χ2v) is 6.98. The number of anilines is 2. The van der Waals surface area contributed by atoms with Gasteiger partial charge in [0.2, 0.25) is 5.91 Å². The average molecular weight is 272 g/mol. The number of hydrogen-bond acceptors (Lipinski definition) is 4. The van der Waals surface area contributed by atoms with Crippen molar-refractivity contribution in [2.75, 3.05) is 11.1 Å². The average Bonchev–Trinajstić information content (AvgIpc) is 2.37. The summed E-state index contributed by atoms with van der Waals surface area (Å²) < 4.78 is 0. The van der Waals surface area contributed by atoms with Gasteiger partial charge in [-0.05, 0) is 56.3 Å². The van der Waals surface area contributed by atoms with Crippen LogP contribution < -0.4 is 11.1 Å². The van der Waals surface area contributed by atoms with Gasteiger partial charge in [0.05, 0.1) is 17.8 Å². The van der Waals surface area contributed by atoms with Crippen LogP contribution in [0, 0.1) is 23.2 Å². The molecule has 4 aliphatic rings. The zero-order valence-corrected chi connectivity index (χ0v) is 11.5. The summed E-state index contributed by atoms with van der Waals surface area (Å²) in [5.41, 5.74) is 5.46. The molecule has 4 saturated carbocycles. The number of nitrogens with zero attached hydrogens (tertiary/aromatic N) is 2. The molecule has 106 valence electrons. The predicted octanol–water partition coefficient (Wildman–Crippen LogP) is 2.21. The molecule has 4 aliphatic carbocycles. The summed E-state index contributed by atoms with van der Waals surface area (Å²) in [5.74, 6) is 3.24. The SMILES string of the molecule is Nc1cncc(NC(=O)C23CC4CC(CC(C4)C2)C3)n1. The third kappa shape index (κ3) is 1.87. The molecule has 0 atom stereocenters. The molecule has 1 aromatic heterocycles.